The highest BCUT2D eigenvalue weighted by Crippen LogP contribution is 2.32. The molecule has 0 unspecified atom stereocenters. The van der Waals surface area contributed by atoms with Crippen molar-refractivity contribution in [3.05, 3.63) is 46.6 Å². The minimum atomic E-state index is -0.239. The predicted molar refractivity (Wildman–Crippen MR) is 71.1 cm³/mol. The maximum absolute atomic E-state index is 11.9. The Hall–Kier alpha value is -1.65. The lowest BCUT2D eigenvalue weighted by atomic mass is 9.80. The van der Waals surface area contributed by atoms with Gasteiger partial charge >= 0.3 is 0 Å². The molecule has 19 heavy (non-hydrogen) atoms. The molecule has 5 heteroatoms. The van der Waals surface area contributed by atoms with Crippen molar-refractivity contribution in [2.75, 3.05) is 7.05 Å². The number of rotatable bonds is 2. The molecule has 0 atom stereocenters. The molecule has 1 saturated carbocycles. The molecule has 0 aromatic heterocycles. The Labute approximate surface area is 116 Å². The number of halogens is 1. The first-order valence-electron chi connectivity index (χ1n) is 5.92. The summed E-state index contributed by atoms with van der Waals surface area (Å²) in [5.41, 5.74) is 0.998. The van der Waals surface area contributed by atoms with Gasteiger partial charge in [0.25, 0.3) is 0 Å². The molecule has 1 N–H and O–H groups in total. The van der Waals surface area contributed by atoms with Crippen LogP contribution in [0.3, 0.4) is 0 Å². The number of carbonyl (C=O) groups is 2. The van der Waals surface area contributed by atoms with Crippen molar-refractivity contribution in [3.63, 3.8) is 0 Å². The van der Waals surface area contributed by atoms with Gasteiger partial charge in [0, 0.05) is 31.1 Å². The maximum Gasteiger partial charge on any atom is 0.168 e. The van der Waals surface area contributed by atoms with Gasteiger partial charge < -0.3 is 0 Å². The molecule has 4 nitrogen and oxygen atoms in total. The Kier molecular flexibility index (Phi) is 4.02. The van der Waals surface area contributed by atoms with Crippen LogP contribution in [-0.4, -0.2) is 28.9 Å². The highest BCUT2D eigenvalue weighted by atomic mass is 35.5. The van der Waals surface area contributed by atoms with E-state index >= 15 is 0 Å². The molecule has 2 rings (SSSR count). The summed E-state index contributed by atoms with van der Waals surface area (Å²) in [6.45, 7) is 0. The van der Waals surface area contributed by atoms with Crippen LogP contribution in [-0.2, 0) is 9.59 Å². The predicted octanol–water partition coefficient (Wildman–Crippen LogP) is 2.56. The summed E-state index contributed by atoms with van der Waals surface area (Å²) in [6.07, 6.45) is 1.71. The fraction of sp³-hybridized carbons (Fsp3) is 0.286. The van der Waals surface area contributed by atoms with Crippen LogP contribution in [0.2, 0.25) is 5.02 Å². The quantitative estimate of drug-likeness (QED) is 0.513. The van der Waals surface area contributed by atoms with Crippen molar-refractivity contribution < 1.29 is 14.8 Å². The average Bonchev–Trinajstić information content (AvgIpc) is 2.34. The van der Waals surface area contributed by atoms with E-state index < -0.39 is 0 Å². The molecule has 0 radical (unpaired) electrons. The number of hydrogen-bond acceptors (Lipinski definition) is 4. The Bertz CT molecular complexity index is 514. The number of hydroxylamine groups is 2. The number of allylic oxidation sites excluding steroid dienone is 1. The second-order valence-electron chi connectivity index (χ2n) is 4.62. The average molecular weight is 280 g/mol. The molecule has 1 aromatic carbocycles. The Morgan fingerprint density at radius 2 is 1.74 bits per heavy atom. The van der Waals surface area contributed by atoms with Crippen molar-refractivity contribution in [1.82, 2.24) is 5.06 Å². The summed E-state index contributed by atoms with van der Waals surface area (Å²) >= 11 is 5.81. The zero-order chi connectivity index (χ0) is 14.0. The van der Waals surface area contributed by atoms with Crippen LogP contribution in [0.25, 0.3) is 0 Å². The van der Waals surface area contributed by atoms with E-state index in [1.807, 2.05) is 12.1 Å². The molecule has 0 aliphatic heterocycles. The molecular weight excluding hydrogens is 266 g/mol. The Balaban J connectivity index is 2.20. The summed E-state index contributed by atoms with van der Waals surface area (Å²) in [4.78, 5) is 23.9. The lowest BCUT2D eigenvalue weighted by Crippen LogP contribution is -2.26. The monoisotopic (exact) mass is 279 g/mol. The van der Waals surface area contributed by atoms with Gasteiger partial charge in [-0.1, -0.05) is 23.7 Å². The van der Waals surface area contributed by atoms with Crippen LogP contribution in [0.5, 0.6) is 0 Å². The van der Waals surface area contributed by atoms with Gasteiger partial charge in [0.05, 0.1) is 5.57 Å². The zero-order valence-electron chi connectivity index (χ0n) is 10.5. The number of Topliss-reactive ketones (excluding diaryl/α,β-unsaturated/α-hetero) is 2. The normalized spacial score (nSPS) is 19.5. The van der Waals surface area contributed by atoms with E-state index in [9.17, 15) is 9.59 Å². The fourth-order valence-electron chi connectivity index (χ4n) is 2.20. The zero-order valence-corrected chi connectivity index (χ0v) is 11.2. The van der Waals surface area contributed by atoms with E-state index in [0.717, 1.165) is 10.6 Å². The van der Waals surface area contributed by atoms with Gasteiger partial charge in [-0.25, -0.2) is 0 Å². The van der Waals surface area contributed by atoms with Crippen LogP contribution in [0.4, 0.5) is 0 Å². The lowest BCUT2D eigenvalue weighted by Gasteiger charge is -2.22. The van der Waals surface area contributed by atoms with E-state index in [2.05, 4.69) is 0 Å². The van der Waals surface area contributed by atoms with E-state index in [1.165, 1.54) is 13.2 Å². The van der Waals surface area contributed by atoms with Gasteiger partial charge in [-0.05, 0) is 23.6 Å². The first kappa shape index (κ1) is 13.8. The summed E-state index contributed by atoms with van der Waals surface area (Å²) in [6, 6.07) is 7.16. The largest absolute Gasteiger partial charge is 0.294 e. The molecule has 1 aliphatic rings. The van der Waals surface area contributed by atoms with Gasteiger partial charge in [-0.15, -0.1) is 0 Å². The number of nitrogens with zero attached hydrogens (tertiary/aromatic N) is 1. The number of hydrogen-bond donors (Lipinski definition) is 1. The number of benzene rings is 1. The summed E-state index contributed by atoms with van der Waals surface area (Å²) in [5, 5.41) is 10.4. The topological polar surface area (TPSA) is 57.6 Å². The number of carbonyl (C=O) groups excluding carboxylic acids is 2. The number of ketones is 2. The Morgan fingerprint density at radius 1 is 1.21 bits per heavy atom. The van der Waals surface area contributed by atoms with E-state index in [-0.39, 0.29) is 35.9 Å². The van der Waals surface area contributed by atoms with Crippen LogP contribution < -0.4 is 0 Å². The van der Waals surface area contributed by atoms with Crippen molar-refractivity contribution >= 4 is 23.2 Å². The van der Waals surface area contributed by atoms with E-state index in [1.54, 1.807) is 12.1 Å². The lowest BCUT2D eigenvalue weighted by molar-refractivity contribution is -0.125. The summed E-state index contributed by atoms with van der Waals surface area (Å²) in [7, 11) is 1.36. The van der Waals surface area contributed by atoms with Crippen molar-refractivity contribution in [1.29, 1.82) is 0 Å². The minimum Gasteiger partial charge on any atom is -0.294 e. The van der Waals surface area contributed by atoms with Gasteiger partial charge in [0.1, 0.15) is 0 Å². The molecule has 1 fully saturated rings. The molecule has 0 spiro atoms. The van der Waals surface area contributed by atoms with Crippen LogP contribution in [0.1, 0.15) is 24.3 Å². The van der Waals surface area contributed by atoms with E-state index in [4.69, 9.17) is 16.8 Å². The van der Waals surface area contributed by atoms with Gasteiger partial charge in [-0.3, -0.25) is 19.9 Å². The molecule has 0 amide bonds. The molecule has 0 bridgehead atoms. The first-order chi connectivity index (χ1) is 8.97. The standard InChI is InChI=1S/C14H14ClNO3/c1-16(19)8-12-13(17)6-10(7-14(12)18)9-2-4-11(15)5-3-9/h2-5,8,10,19H,6-7H2,1H3. The summed E-state index contributed by atoms with van der Waals surface area (Å²) in [5.74, 6) is -0.590. The molecule has 100 valence electrons. The van der Waals surface area contributed by atoms with E-state index in [0.29, 0.717) is 5.02 Å². The third-order valence-corrected chi connectivity index (χ3v) is 3.37. The SMILES string of the molecule is CN(O)C=C1C(=O)CC(c2ccc(Cl)cc2)CC1=O. The second-order valence-corrected chi connectivity index (χ2v) is 5.06. The fourth-order valence-corrected chi connectivity index (χ4v) is 2.32. The minimum absolute atomic E-state index is 0.0650. The van der Waals surface area contributed by atoms with Gasteiger partial charge in [0.15, 0.2) is 11.6 Å². The van der Waals surface area contributed by atoms with Crippen LogP contribution >= 0.6 is 11.6 Å². The van der Waals surface area contributed by atoms with Crippen LogP contribution in [0.15, 0.2) is 36.0 Å². The van der Waals surface area contributed by atoms with Crippen LogP contribution in [0, 0.1) is 0 Å². The molecule has 1 aromatic rings. The van der Waals surface area contributed by atoms with Crippen molar-refractivity contribution in [2.24, 2.45) is 0 Å². The molecule has 0 heterocycles. The second kappa shape index (κ2) is 5.55. The van der Waals surface area contributed by atoms with Crippen molar-refractivity contribution in [2.45, 2.75) is 18.8 Å². The third kappa shape index (κ3) is 3.22. The third-order valence-electron chi connectivity index (χ3n) is 3.12. The maximum atomic E-state index is 11.9. The Morgan fingerprint density at radius 3 is 2.21 bits per heavy atom. The molecule has 0 saturated heterocycles. The molecule has 1 aliphatic carbocycles. The smallest absolute Gasteiger partial charge is 0.168 e. The first-order valence-corrected chi connectivity index (χ1v) is 6.30. The highest BCUT2D eigenvalue weighted by molar-refractivity contribution is 6.30. The van der Waals surface area contributed by atoms with Crippen molar-refractivity contribution in [3.8, 4) is 0 Å². The highest BCUT2D eigenvalue weighted by Gasteiger charge is 2.31. The molecular formula is C14H14ClNO3. The summed E-state index contributed by atoms with van der Waals surface area (Å²) < 4.78 is 0. The van der Waals surface area contributed by atoms with Gasteiger partial charge in [-0.2, -0.15) is 0 Å². The van der Waals surface area contributed by atoms with Gasteiger partial charge in [0.2, 0.25) is 0 Å².